The molecule has 0 bridgehead atoms. The third kappa shape index (κ3) is 3.44. The van der Waals surface area contributed by atoms with Crippen molar-refractivity contribution in [2.45, 2.75) is 44.7 Å². The molecule has 20 heavy (non-hydrogen) atoms. The minimum absolute atomic E-state index is 0.155. The highest BCUT2D eigenvalue weighted by atomic mass is 16.5. The smallest absolute Gasteiger partial charge is 0.160 e. The van der Waals surface area contributed by atoms with Crippen molar-refractivity contribution in [3.8, 4) is 11.5 Å². The van der Waals surface area contributed by atoms with Crippen molar-refractivity contribution in [2.75, 3.05) is 13.7 Å². The minimum atomic E-state index is -0.165. The lowest BCUT2D eigenvalue weighted by Gasteiger charge is -2.39. The number of aromatic hydroxyl groups is 1. The molecule has 0 radical (unpaired) electrons. The Morgan fingerprint density at radius 3 is 2.60 bits per heavy atom. The third-order valence-electron chi connectivity index (χ3n) is 4.44. The Kier molecular flexibility index (Phi) is 4.89. The van der Waals surface area contributed by atoms with Crippen molar-refractivity contribution in [1.29, 1.82) is 0 Å². The van der Waals surface area contributed by atoms with Gasteiger partial charge in [-0.3, -0.25) is 0 Å². The first kappa shape index (κ1) is 15.1. The van der Waals surface area contributed by atoms with Gasteiger partial charge < -0.3 is 20.3 Å². The van der Waals surface area contributed by atoms with Gasteiger partial charge in [-0.05, 0) is 49.3 Å². The molecule has 0 unspecified atom stereocenters. The second kappa shape index (κ2) is 6.46. The van der Waals surface area contributed by atoms with Crippen LogP contribution in [0.3, 0.4) is 0 Å². The zero-order valence-corrected chi connectivity index (χ0v) is 12.4. The number of aliphatic hydroxyl groups is 1. The standard InChI is InChI=1S/C16H25NO3/c1-12-5-7-16(11-18,8-6-12)17-10-13-3-4-15(20-2)14(19)9-13/h3-4,9,12,17-19H,5-8,10-11H2,1-2H3. The number of ether oxygens (including phenoxy) is 1. The molecule has 4 nitrogen and oxygen atoms in total. The number of hydrogen-bond acceptors (Lipinski definition) is 4. The predicted octanol–water partition coefficient (Wildman–Crippen LogP) is 2.43. The second-order valence-corrected chi connectivity index (χ2v) is 5.98. The van der Waals surface area contributed by atoms with E-state index < -0.39 is 0 Å². The molecule has 0 spiro atoms. The Morgan fingerprint density at radius 1 is 1.35 bits per heavy atom. The molecule has 2 rings (SSSR count). The molecule has 0 amide bonds. The van der Waals surface area contributed by atoms with Gasteiger partial charge in [-0.2, -0.15) is 0 Å². The third-order valence-corrected chi connectivity index (χ3v) is 4.44. The SMILES string of the molecule is COc1ccc(CNC2(CO)CCC(C)CC2)cc1O. The van der Waals surface area contributed by atoms with Gasteiger partial charge in [0.2, 0.25) is 0 Å². The van der Waals surface area contributed by atoms with Gasteiger partial charge in [-0.1, -0.05) is 13.0 Å². The molecular weight excluding hydrogens is 254 g/mol. The molecule has 1 aromatic carbocycles. The van der Waals surface area contributed by atoms with Crippen molar-refractivity contribution >= 4 is 0 Å². The normalized spacial score (nSPS) is 26.4. The summed E-state index contributed by atoms with van der Waals surface area (Å²) in [6.07, 6.45) is 4.32. The molecule has 1 fully saturated rings. The number of methoxy groups -OCH3 is 1. The molecule has 0 atom stereocenters. The van der Waals surface area contributed by atoms with Gasteiger partial charge in [-0.25, -0.2) is 0 Å². The lowest BCUT2D eigenvalue weighted by atomic mass is 9.77. The first-order valence-corrected chi connectivity index (χ1v) is 7.30. The summed E-state index contributed by atoms with van der Waals surface area (Å²) in [5, 5.41) is 23.0. The van der Waals surface area contributed by atoms with Crippen LogP contribution < -0.4 is 10.1 Å². The molecule has 1 aliphatic carbocycles. The van der Waals surface area contributed by atoms with Crippen molar-refractivity contribution in [3.05, 3.63) is 23.8 Å². The van der Waals surface area contributed by atoms with Crippen molar-refractivity contribution in [3.63, 3.8) is 0 Å². The Bertz CT molecular complexity index is 439. The summed E-state index contributed by atoms with van der Waals surface area (Å²) in [5.41, 5.74) is 0.831. The van der Waals surface area contributed by atoms with Crippen molar-refractivity contribution < 1.29 is 14.9 Å². The Morgan fingerprint density at radius 2 is 2.05 bits per heavy atom. The van der Waals surface area contributed by atoms with Crippen LogP contribution in [-0.4, -0.2) is 29.5 Å². The van der Waals surface area contributed by atoms with E-state index in [0.717, 1.165) is 37.2 Å². The van der Waals surface area contributed by atoms with Crippen molar-refractivity contribution in [1.82, 2.24) is 5.32 Å². The second-order valence-electron chi connectivity index (χ2n) is 5.98. The molecule has 1 saturated carbocycles. The lowest BCUT2D eigenvalue weighted by molar-refractivity contribution is 0.104. The first-order valence-electron chi connectivity index (χ1n) is 7.30. The van der Waals surface area contributed by atoms with Crippen molar-refractivity contribution in [2.24, 2.45) is 5.92 Å². The van der Waals surface area contributed by atoms with Crippen LogP contribution in [0.15, 0.2) is 18.2 Å². The Labute approximate surface area is 120 Å². The number of phenols is 1. The van der Waals surface area contributed by atoms with E-state index in [9.17, 15) is 10.2 Å². The summed E-state index contributed by atoms with van der Waals surface area (Å²) in [6, 6.07) is 5.41. The quantitative estimate of drug-likeness (QED) is 0.774. The van der Waals surface area contributed by atoms with Crippen LogP contribution >= 0.6 is 0 Å². The average molecular weight is 279 g/mol. The number of benzene rings is 1. The zero-order valence-electron chi connectivity index (χ0n) is 12.4. The largest absolute Gasteiger partial charge is 0.504 e. The van der Waals surface area contributed by atoms with E-state index in [0.29, 0.717) is 12.3 Å². The maximum absolute atomic E-state index is 9.78. The van der Waals surface area contributed by atoms with Crippen LogP contribution in [-0.2, 0) is 6.54 Å². The molecule has 1 aliphatic rings. The van der Waals surface area contributed by atoms with E-state index in [2.05, 4.69) is 12.2 Å². The Hall–Kier alpha value is -1.26. The monoisotopic (exact) mass is 279 g/mol. The molecule has 4 heteroatoms. The van der Waals surface area contributed by atoms with E-state index in [-0.39, 0.29) is 17.9 Å². The molecular formula is C16H25NO3. The summed E-state index contributed by atoms with van der Waals surface area (Å²) >= 11 is 0. The number of phenolic OH excluding ortho intramolecular Hbond substituents is 1. The molecule has 3 N–H and O–H groups in total. The van der Waals surface area contributed by atoms with E-state index >= 15 is 0 Å². The summed E-state index contributed by atoms with van der Waals surface area (Å²) in [5.74, 6) is 1.39. The van der Waals surface area contributed by atoms with Crippen LogP contribution in [0.2, 0.25) is 0 Å². The van der Waals surface area contributed by atoms with Crippen LogP contribution in [0.4, 0.5) is 0 Å². The maximum Gasteiger partial charge on any atom is 0.160 e. The molecule has 112 valence electrons. The van der Waals surface area contributed by atoms with Gasteiger partial charge in [0.15, 0.2) is 11.5 Å². The molecule has 1 aromatic rings. The van der Waals surface area contributed by atoms with Crippen LogP contribution in [0, 0.1) is 5.92 Å². The summed E-state index contributed by atoms with van der Waals surface area (Å²) < 4.78 is 5.04. The average Bonchev–Trinajstić information content (AvgIpc) is 2.47. The number of aliphatic hydroxyl groups excluding tert-OH is 1. The van der Waals surface area contributed by atoms with E-state index in [4.69, 9.17) is 4.74 Å². The maximum atomic E-state index is 9.78. The topological polar surface area (TPSA) is 61.7 Å². The van der Waals surface area contributed by atoms with E-state index in [1.165, 1.54) is 7.11 Å². The Balaban J connectivity index is 1.98. The summed E-state index contributed by atoms with van der Waals surface area (Å²) in [6.45, 7) is 3.08. The minimum Gasteiger partial charge on any atom is -0.504 e. The van der Waals surface area contributed by atoms with Crippen LogP contribution in [0.5, 0.6) is 11.5 Å². The van der Waals surface area contributed by atoms with Gasteiger partial charge >= 0.3 is 0 Å². The highest BCUT2D eigenvalue weighted by molar-refractivity contribution is 5.41. The molecule has 0 heterocycles. The van der Waals surface area contributed by atoms with Gasteiger partial charge in [0.05, 0.1) is 13.7 Å². The summed E-state index contributed by atoms with van der Waals surface area (Å²) in [7, 11) is 1.54. The number of hydrogen-bond donors (Lipinski definition) is 3. The lowest BCUT2D eigenvalue weighted by Crippen LogP contribution is -2.50. The molecule has 0 saturated heterocycles. The fourth-order valence-electron chi connectivity index (χ4n) is 2.84. The zero-order chi connectivity index (χ0) is 14.6. The highest BCUT2D eigenvalue weighted by Gasteiger charge is 2.32. The van der Waals surface area contributed by atoms with E-state index in [1.807, 2.05) is 6.07 Å². The number of nitrogens with one attached hydrogen (secondary N) is 1. The molecule has 0 aromatic heterocycles. The van der Waals surface area contributed by atoms with E-state index in [1.54, 1.807) is 12.1 Å². The van der Waals surface area contributed by atoms with Gasteiger partial charge in [-0.15, -0.1) is 0 Å². The van der Waals surface area contributed by atoms with Gasteiger partial charge in [0, 0.05) is 12.1 Å². The first-order chi connectivity index (χ1) is 9.58. The predicted molar refractivity (Wildman–Crippen MR) is 78.9 cm³/mol. The van der Waals surface area contributed by atoms with Gasteiger partial charge in [0.25, 0.3) is 0 Å². The fourth-order valence-corrected chi connectivity index (χ4v) is 2.84. The van der Waals surface area contributed by atoms with Crippen LogP contribution in [0.1, 0.15) is 38.2 Å². The summed E-state index contributed by atoms with van der Waals surface area (Å²) in [4.78, 5) is 0. The fraction of sp³-hybridized carbons (Fsp3) is 0.625. The van der Waals surface area contributed by atoms with Crippen LogP contribution in [0.25, 0.3) is 0 Å². The molecule has 0 aliphatic heterocycles. The highest BCUT2D eigenvalue weighted by Crippen LogP contribution is 2.32. The van der Waals surface area contributed by atoms with Gasteiger partial charge in [0.1, 0.15) is 0 Å². The number of rotatable bonds is 5.